The Balaban J connectivity index is 2.12. The molecular weight excluding hydrogens is 274 g/mol. The monoisotopic (exact) mass is 291 g/mol. The molecule has 21 heavy (non-hydrogen) atoms. The fourth-order valence-electron chi connectivity index (χ4n) is 2.38. The molecule has 0 N–H and O–H groups in total. The van der Waals surface area contributed by atoms with Gasteiger partial charge in [-0.2, -0.15) is 0 Å². The Kier molecular flexibility index (Phi) is 4.57. The van der Waals surface area contributed by atoms with Gasteiger partial charge < -0.3 is 14.4 Å². The van der Waals surface area contributed by atoms with Gasteiger partial charge in [-0.1, -0.05) is 12.1 Å². The molecule has 1 unspecified atom stereocenters. The molecule has 0 aliphatic carbocycles. The van der Waals surface area contributed by atoms with Crippen molar-refractivity contribution in [2.75, 3.05) is 27.3 Å². The lowest BCUT2D eigenvalue weighted by atomic mass is 9.95. The van der Waals surface area contributed by atoms with Crippen molar-refractivity contribution in [2.24, 2.45) is 5.92 Å². The van der Waals surface area contributed by atoms with Crippen LogP contribution in [0.3, 0.4) is 0 Å². The van der Waals surface area contributed by atoms with E-state index in [9.17, 15) is 14.4 Å². The lowest BCUT2D eigenvalue weighted by Gasteiger charge is -2.30. The van der Waals surface area contributed by atoms with E-state index >= 15 is 0 Å². The molecule has 2 rings (SSSR count). The predicted octanol–water partition coefficient (Wildman–Crippen LogP) is 0.899. The first kappa shape index (κ1) is 15.0. The SMILES string of the molecule is COC(=O)C1CCN(C(=O)c2ccccc2OC)CC1=O. The Morgan fingerprint density at radius 3 is 2.57 bits per heavy atom. The van der Waals surface area contributed by atoms with Crippen LogP contribution in [0.25, 0.3) is 0 Å². The molecule has 112 valence electrons. The van der Waals surface area contributed by atoms with E-state index in [1.165, 1.54) is 19.1 Å². The van der Waals surface area contributed by atoms with Crippen LogP contribution in [0.1, 0.15) is 16.8 Å². The first-order valence-electron chi connectivity index (χ1n) is 6.61. The summed E-state index contributed by atoms with van der Waals surface area (Å²) >= 11 is 0. The molecule has 1 amide bonds. The molecule has 1 atom stereocenters. The van der Waals surface area contributed by atoms with Gasteiger partial charge in [-0.25, -0.2) is 0 Å². The molecule has 1 heterocycles. The van der Waals surface area contributed by atoms with Gasteiger partial charge in [0.2, 0.25) is 0 Å². The molecule has 0 bridgehead atoms. The normalized spacial score (nSPS) is 18.3. The lowest BCUT2D eigenvalue weighted by Crippen LogP contribution is -2.46. The first-order valence-corrected chi connectivity index (χ1v) is 6.61. The van der Waals surface area contributed by atoms with Crippen LogP contribution >= 0.6 is 0 Å². The average molecular weight is 291 g/mol. The highest BCUT2D eigenvalue weighted by Gasteiger charge is 2.35. The van der Waals surface area contributed by atoms with Crippen molar-refractivity contribution in [3.05, 3.63) is 29.8 Å². The third-order valence-electron chi connectivity index (χ3n) is 3.53. The quantitative estimate of drug-likeness (QED) is 0.611. The molecule has 6 nitrogen and oxygen atoms in total. The number of esters is 1. The summed E-state index contributed by atoms with van der Waals surface area (Å²) in [6.45, 7) is 0.249. The highest BCUT2D eigenvalue weighted by molar-refractivity contribution is 6.04. The van der Waals surface area contributed by atoms with Gasteiger partial charge in [0.15, 0.2) is 5.78 Å². The second-order valence-electron chi connectivity index (χ2n) is 4.76. The van der Waals surface area contributed by atoms with E-state index in [2.05, 4.69) is 4.74 Å². The highest BCUT2D eigenvalue weighted by Crippen LogP contribution is 2.22. The van der Waals surface area contributed by atoms with Crippen molar-refractivity contribution in [1.29, 1.82) is 0 Å². The summed E-state index contributed by atoms with van der Waals surface area (Å²) in [5.41, 5.74) is 0.407. The Morgan fingerprint density at radius 2 is 1.95 bits per heavy atom. The number of ketones is 1. The van der Waals surface area contributed by atoms with Crippen molar-refractivity contribution >= 4 is 17.7 Å². The molecule has 1 fully saturated rings. The van der Waals surface area contributed by atoms with Crippen molar-refractivity contribution in [1.82, 2.24) is 4.90 Å². The smallest absolute Gasteiger partial charge is 0.316 e. The van der Waals surface area contributed by atoms with E-state index in [1.54, 1.807) is 24.3 Å². The number of hydrogen-bond acceptors (Lipinski definition) is 5. The zero-order valence-corrected chi connectivity index (χ0v) is 12.0. The Morgan fingerprint density at radius 1 is 1.24 bits per heavy atom. The van der Waals surface area contributed by atoms with Gasteiger partial charge in [0.05, 0.1) is 26.3 Å². The molecule has 0 radical (unpaired) electrons. The number of nitrogens with zero attached hydrogens (tertiary/aromatic N) is 1. The maximum absolute atomic E-state index is 12.4. The van der Waals surface area contributed by atoms with Gasteiger partial charge in [-0.3, -0.25) is 14.4 Å². The fraction of sp³-hybridized carbons (Fsp3) is 0.400. The molecule has 1 saturated heterocycles. The van der Waals surface area contributed by atoms with Gasteiger partial charge in [-0.15, -0.1) is 0 Å². The number of methoxy groups -OCH3 is 2. The third kappa shape index (κ3) is 3.04. The number of ether oxygens (including phenoxy) is 2. The first-order chi connectivity index (χ1) is 10.1. The Labute approximate surface area is 122 Å². The molecule has 1 aliphatic rings. The average Bonchev–Trinajstić information content (AvgIpc) is 2.53. The number of para-hydroxylation sites is 1. The molecule has 1 aromatic carbocycles. The molecule has 1 aromatic rings. The zero-order chi connectivity index (χ0) is 15.4. The van der Waals surface area contributed by atoms with Gasteiger partial charge >= 0.3 is 5.97 Å². The number of carbonyl (C=O) groups excluding carboxylic acids is 3. The summed E-state index contributed by atoms with van der Waals surface area (Å²) in [6.07, 6.45) is 0.284. The summed E-state index contributed by atoms with van der Waals surface area (Å²) in [4.78, 5) is 37.3. The molecule has 6 heteroatoms. The van der Waals surface area contributed by atoms with Crippen LogP contribution in [0.15, 0.2) is 24.3 Å². The molecule has 0 aromatic heterocycles. The standard InChI is InChI=1S/C15H17NO5/c1-20-13-6-4-3-5-11(13)14(18)16-8-7-10(12(17)9-16)15(19)21-2/h3-6,10H,7-9H2,1-2H3. The van der Waals surface area contributed by atoms with E-state index in [-0.39, 0.29) is 24.7 Å². The van der Waals surface area contributed by atoms with Crippen molar-refractivity contribution < 1.29 is 23.9 Å². The predicted molar refractivity (Wildman–Crippen MR) is 74.0 cm³/mol. The summed E-state index contributed by atoms with van der Waals surface area (Å²) in [5.74, 6) is -1.41. The highest BCUT2D eigenvalue weighted by atomic mass is 16.5. The van der Waals surface area contributed by atoms with Crippen LogP contribution < -0.4 is 4.74 Å². The number of rotatable bonds is 3. The molecule has 1 aliphatic heterocycles. The van der Waals surface area contributed by atoms with Gasteiger partial charge in [-0.05, 0) is 18.6 Å². The second-order valence-corrected chi connectivity index (χ2v) is 4.76. The minimum absolute atomic E-state index is 0.0867. The largest absolute Gasteiger partial charge is 0.496 e. The summed E-state index contributed by atoms with van der Waals surface area (Å²) in [6, 6.07) is 6.84. The van der Waals surface area contributed by atoms with Crippen LogP contribution in [0.5, 0.6) is 5.75 Å². The number of hydrogen-bond donors (Lipinski definition) is 0. The fourth-order valence-corrected chi connectivity index (χ4v) is 2.38. The second kappa shape index (κ2) is 6.39. The number of amides is 1. The molecular formula is C15H17NO5. The molecule has 0 spiro atoms. The Bertz CT molecular complexity index is 569. The van der Waals surface area contributed by atoms with E-state index in [1.807, 2.05) is 0 Å². The number of Topliss-reactive ketones (excluding diaryl/α,β-unsaturated/α-hetero) is 1. The van der Waals surface area contributed by atoms with Crippen LogP contribution in [0, 0.1) is 5.92 Å². The minimum atomic E-state index is -0.767. The van der Waals surface area contributed by atoms with Crippen molar-refractivity contribution in [2.45, 2.75) is 6.42 Å². The topological polar surface area (TPSA) is 72.9 Å². The number of likely N-dealkylation sites (tertiary alicyclic amines) is 1. The van der Waals surface area contributed by atoms with Crippen LogP contribution in [0.4, 0.5) is 0 Å². The van der Waals surface area contributed by atoms with Gasteiger partial charge in [0, 0.05) is 6.54 Å². The summed E-state index contributed by atoms with van der Waals surface area (Å²) < 4.78 is 9.75. The maximum Gasteiger partial charge on any atom is 0.316 e. The summed E-state index contributed by atoms with van der Waals surface area (Å²) in [7, 11) is 2.74. The van der Waals surface area contributed by atoms with E-state index in [0.717, 1.165) is 0 Å². The lowest BCUT2D eigenvalue weighted by molar-refractivity contribution is -0.151. The van der Waals surface area contributed by atoms with E-state index in [0.29, 0.717) is 17.9 Å². The van der Waals surface area contributed by atoms with Crippen LogP contribution in [-0.2, 0) is 14.3 Å². The maximum atomic E-state index is 12.4. The third-order valence-corrected chi connectivity index (χ3v) is 3.53. The number of carbonyl (C=O) groups is 3. The van der Waals surface area contributed by atoms with Crippen molar-refractivity contribution in [3.63, 3.8) is 0 Å². The van der Waals surface area contributed by atoms with Gasteiger partial charge in [0.1, 0.15) is 11.7 Å². The molecule has 0 saturated carbocycles. The van der Waals surface area contributed by atoms with E-state index < -0.39 is 11.9 Å². The Hall–Kier alpha value is -2.37. The van der Waals surface area contributed by atoms with Crippen LogP contribution in [-0.4, -0.2) is 49.9 Å². The van der Waals surface area contributed by atoms with Crippen LogP contribution in [0.2, 0.25) is 0 Å². The van der Waals surface area contributed by atoms with Crippen molar-refractivity contribution in [3.8, 4) is 5.75 Å². The van der Waals surface area contributed by atoms with Gasteiger partial charge in [0.25, 0.3) is 5.91 Å². The minimum Gasteiger partial charge on any atom is -0.496 e. The number of benzene rings is 1. The zero-order valence-electron chi connectivity index (χ0n) is 12.0. The summed E-state index contributed by atoms with van der Waals surface area (Å²) in [5, 5.41) is 0. The van der Waals surface area contributed by atoms with E-state index in [4.69, 9.17) is 4.74 Å². The number of piperidine rings is 1.